The van der Waals surface area contributed by atoms with Gasteiger partial charge < -0.3 is 9.73 Å². The van der Waals surface area contributed by atoms with Gasteiger partial charge in [0.2, 0.25) is 0 Å². The standard InChI is InChI=1S/C26H16ClN3O4/c27-19-9-3-1-8-17(19)24-13-14-25(34-24)22-15-18(16-7-2-4-10-20(16)28-22)26(31)29-21-11-5-6-12-23(21)30(32)33/h1-15H,(H,29,31). The molecule has 7 nitrogen and oxygen atoms in total. The van der Waals surface area contributed by atoms with E-state index in [0.29, 0.717) is 38.7 Å². The number of carbonyl (C=O) groups excluding carboxylic acids is 1. The number of halogens is 1. The second kappa shape index (κ2) is 8.80. The Kier molecular flexibility index (Phi) is 5.53. The van der Waals surface area contributed by atoms with Gasteiger partial charge in [-0.2, -0.15) is 0 Å². The first-order chi connectivity index (χ1) is 16.5. The molecule has 0 spiro atoms. The Hall–Kier alpha value is -4.49. The number of aromatic nitrogens is 1. The summed E-state index contributed by atoms with van der Waals surface area (Å²) in [5.41, 5.74) is 2.01. The molecule has 5 rings (SSSR count). The number of anilines is 1. The lowest BCUT2D eigenvalue weighted by molar-refractivity contribution is -0.383. The van der Waals surface area contributed by atoms with Crippen molar-refractivity contribution in [3.05, 3.63) is 112 Å². The van der Waals surface area contributed by atoms with Gasteiger partial charge in [-0.05, 0) is 42.5 Å². The summed E-state index contributed by atoms with van der Waals surface area (Å²) in [7, 11) is 0. The van der Waals surface area contributed by atoms with E-state index < -0.39 is 10.8 Å². The van der Waals surface area contributed by atoms with Crippen molar-refractivity contribution in [2.75, 3.05) is 5.32 Å². The maximum absolute atomic E-state index is 13.2. The molecule has 5 aromatic rings. The van der Waals surface area contributed by atoms with E-state index in [1.165, 1.54) is 12.1 Å². The summed E-state index contributed by atoms with van der Waals surface area (Å²) in [4.78, 5) is 28.7. The SMILES string of the molecule is O=C(Nc1ccccc1[N+](=O)[O-])c1cc(-c2ccc(-c3ccccc3Cl)o2)nc2ccccc12. The molecule has 0 fully saturated rings. The fourth-order valence-electron chi connectivity index (χ4n) is 3.70. The molecule has 0 saturated heterocycles. The molecule has 0 atom stereocenters. The molecule has 0 bridgehead atoms. The first kappa shape index (κ1) is 21.4. The van der Waals surface area contributed by atoms with Gasteiger partial charge in [0.05, 0.1) is 21.0 Å². The average Bonchev–Trinajstić information content (AvgIpc) is 3.34. The molecule has 166 valence electrons. The summed E-state index contributed by atoms with van der Waals surface area (Å²) in [6.45, 7) is 0. The van der Waals surface area contributed by atoms with Crippen LogP contribution in [0.3, 0.4) is 0 Å². The third-order valence-electron chi connectivity index (χ3n) is 5.31. The number of rotatable bonds is 5. The lowest BCUT2D eigenvalue weighted by Crippen LogP contribution is -2.14. The van der Waals surface area contributed by atoms with Crippen LogP contribution < -0.4 is 5.32 Å². The minimum absolute atomic E-state index is 0.110. The molecule has 0 aliphatic rings. The smallest absolute Gasteiger partial charge is 0.292 e. The summed E-state index contributed by atoms with van der Waals surface area (Å²) in [5.74, 6) is 0.536. The molecule has 3 aromatic carbocycles. The number of nitrogens with zero attached hydrogens (tertiary/aromatic N) is 2. The topological polar surface area (TPSA) is 98.3 Å². The van der Waals surface area contributed by atoms with Gasteiger partial charge in [0.25, 0.3) is 11.6 Å². The van der Waals surface area contributed by atoms with Crippen LogP contribution in [0.1, 0.15) is 10.4 Å². The highest BCUT2D eigenvalue weighted by atomic mass is 35.5. The number of nitro groups is 1. The number of benzene rings is 3. The summed E-state index contributed by atoms with van der Waals surface area (Å²) in [5, 5.41) is 15.2. The fourth-order valence-corrected chi connectivity index (χ4v) is 3.93. The largest absolute Gasteiger partial charge is 0.454 e. The zero-order valence-electron chi connectivity index (χ0n) is 17.6. The third-order valence-corrected chi connectivity index (χ3v) is 5.64. The first-order valence-corrected chi connectivity index (χ1v) is 10.7. The van der Waals surface area contributed by atoms with Crippen LogP contribution in [0.2, 0.25) is 5.02 Å². The predicted molar refractivity (Wildman–Crippen MR) is 131 cm³/mol. The van der Waals surface area contributed by atoms with Crippen molar-refractivity contribution < 1.29 is 14.1 Å². The number of nitro benzene ring substituents is 1. The number of carbonyl (C=O) groups is 1. The molecule has 8 heteroatoms. The maximum atomic E-state index is 13.2. The lowest BCUT2D eigenvalue weighted by atomic mass is 10.1. The van der Waals surface area contributed by atoms with Crippen LogP contribution in [0.25, 0.3) is 33.7 Å². The molecular formula is C26H16ClN3O4. The van der Waals surface area contributed by atoms with Gasteiger partial charge >= 0.3 is 0 Å². The number of fused-ring (bicyclic) bond motifs is 1. The van der Waals surface area contributed by atoms with Crippen molar-refractivity contribution in [2.24, 2.45) is 0 Å². The highest BCUT2D eigenvalue weighted by Crippen LogP contribution is 2.33. The van der Waals surface area contributed by atoms with E-state index in [9.17, 15) is 14.9 Å². The van der Waals surface area contributed by atoms with Gasteiger partial charge in [0.15, 0.2) is 5.76 Å². The number of pyridine rings is 1. The van der Waals surface area contributed by atoms with E-state index in [-0.39, 0.29) is 11.4 Å². The van der Waals surface area contributed by atoms with Crippen LogP contribution >= 0.6 is 11.6 Å². The maximum Gasteiger partial charge on any atom is 0.292 e. The Morgan fingerprint density at radius 1 is 0.912 bits per heavy atom. The van der Waals surface area contributed by atoms with E-state index in [1.807, 2.05) is 24.3 Å². The highest BCUT2D eigenvalue weighted by Gasteiger charge is 2.20. The van der Waals surface area contributed by atoms with Gasteiger partial charge in [-0.15, -0.1) is 0 Å². The number of amides is 1. The fraction of sp³-hybridized carbons (Fsp3) is 0. The van der Waals surface area contributed by atoms with Crippen LogP contribution in [-0.4, -0.2) is 15.8 Å². The Balaban J connectivity index is 1.57. The molecular weight excluding hydrogens is 454 g/mol. The van der Waals surface area contributed by atoms with E-state index in [0.717, 1.165) is 5.56 Å². The molecule has 1 amide bonds. The van der Waals surface area contributed by atoms with Crippen molar-refractivity contribution in [3.8, 4) is 22.8 Å². The average molecular weight is 470 g/mol. The number of para-hydroxylation sites is 3. The number of hydrogen-bond donors (Lipinski definition) is 1. The van der Waals surface area contributed by atoms with Crippen molar-refractivity contribution in [2.45, 2.75) is 0 Å². The molecule has 0 aliphatic carbocycles. The van der Waals surface area contributed by atoms with Gasteiger partial charge in [-0.3, -0.25) is 14.9 Å². The van der Waals surface area contributed by atoms with Crippen LogP contribution in [-0.2, 0) is 0 Å². The minimum atomic E-state index is -0.537. The molecule has 0 saturated carbocycles. The Labute approximate surface area is 198 Å². The van der Waals surface area contributed by atoms with Crippen molar-refractivity contribution in [3.63, 3.8) is 0 Å². The quantitative estimate of drug-likeness (QED) is 0.221. The molecule has 0 radical (unpaired) electrons. The zero-order chi connectivity index (χ0) is 23.7. The lowest BCUT2D eigenvalue weighted by Gasteiger charge is -2.10. The highest BCUT2D eigenvalue weighted by molar-refractivity contribution is 6.33. The van der Waals surface area contributed by atoms with Crippen molar-refractivity contribution >= 4 is 39.8 Å². The van der Waals surface area contributed by atoms with Crippen molar-refractivity contribution in [1.29, 1.82) is 0 Å². The second-order valence-corrected chi connectivity index (χ2v) is 7.85. The molecule has 34 heavy (non-hydrogen) atoms. The molecule has 2 aromatic heterocycles. The van der Waals surface area contributed by atoms with Crippen LogP contribution in [0.15, 0.2) is 95.4 Å². The van der Waals surface area contributed by atoms with Crippen LogP contribution in [0.4, 0.5) is 11.4 Å². The van der Waals surface area contributed by atoms with E-state index >= 15 is 0 Å². The molecule has 0 unspecified atom stereocenters. The number of furan rings is 1. The summed E-state index contributed by atoms with van der Waals surface area (Å²) in [6, 6.07) is 25.7. The zero-order valence-corrected chi connectivity index (χ0v) is 18.3. The van der Waals surface area contributed by atoms with Crippen molar-refractivity contribution in [1.82, 2.24) is 4.98 Å². The van der Waals surface area contributed by atoms with Gasteiger partial charge in [-0.25, -0.2) is 4.98 Å². The third kappa shape index (κ3) is 4.00. The van der Waals surface area contributed by atoms with Crippen LogP contribution in [0, 0.1) is 10.1 Å². The molecule has 1 N–H and O–H groups in total. The monoisotopic (exact) mass is 469 g/mol. The number of hydrogen-bond acceptors (Lipinski definition) is 5. The Bertz CT molecular complexity index is 1560. The van der Waals surface area contributed by atoms with E-state index in [2.05, 4.69) is 10.3 Å². The minimum Gasteiger partial charge on any atom is -0.454 e. The summed E-state index contributed by atoms with van der Waals surface area (Å²) < 4.78 is 6.02. The summed E-state index contributed by atoms with van der Waals surface area (Å²) in [6.07, 6.45) is 0. The number of nitrogens with one attached hydrogen (secondary N) is 1. The molecule has 2 heterocycles. The predicted octanol–water partition coefficient (Wildman–Crippen LogP) is 6.98. The van der Waals surface area contributed by atoms with Gasteiger partial charge in [0.1, 0.15) is 17.1 Å². The summed E-state index contributed by atoms with van der Waals surface area (Å²) >= 11 is 6.29. The van der Waals surface area contributed by atoms with E-state index in [1.54, 1.807) is 54.6 Å². The van der Waals surface area contributed by atoms with Gasteiger partial charge in [-0.1, -0.05) is 54.1 Å². The second-order valence-electron chi connectivity index (χ2n) is 7.44. The van der Waals surface area contributed by atoms with Gasteiger partial charge in [0, 0.05) is 17.0 Å². The Morgan fingerprint density at radius 3 is 2.44 bits per heavy atom. The molecule has 0 aliphatic heterocycles. The van der Waals surface area contributed by atoms with Crippen LogP contribution in [0.5, 0.6) is 0 Å². The Morgan fingerprint density at radius 2 is 1.62 bits per heavy atom. The first-order valence-electron chi connectivity index (χ1n) is 10.3. The van der Waals surface area contributed by atoms with E-state index in [4.69, 9.17) is 16.0 Å². The normalized spacial score (nSPS) is 10.9.